The third-order valence-corrected chi connectivity index (χ3v) is 7.03. The minimum absolute atomic E-state index is 0.602. The predicted molar refractivity (Wildman–Crippen MR) is 115 cm³/mol. The molecule has 0 saturated carbocycles. The van der Waals surface area contributed by atoms with E-state index >= 15 is 0 Å². The molecule has 0 N–H and O–H groups in total. The lowest BCUT2D eigenvalue weighted by Gasteiger charge is -2.17. The van der Waals surface area contributed by atoms with Gasteiger partial charge in [0.05, 0.1) is 6.33 Å². The molecule has 25 heavy (non-hydrogen) atoms. The number of nitrogens with zero attached hydrogens (tertiary/aromatic N) is 2. The van der Waals surface area contributed by atoms with Crippen molar-refractivity contribution in [1.82, 2.24) is 9.55 Å². The summed E-state index contributed by atoms with van der Waals surface area (Å²) in [6.45, 7) is 3.30. The highest BCUT2D eigenvalue weighted by Crippen LogP contribution is 2.24. The number of halogens is 1. The average Bonchev–Trinajstić information content (AvgIpc) is 3.13. The summed E-state index contributed by atoms with van der Waals surface area (Å²) in [5.41, 5.74) is 1.34. The lowest BCUT2D eigenvalue weighted by Crippen LogP contribution is -2.15. The molecule has 0 amide bonds. The van der Waals surface area contributed by atoms with E-state index in [1.807, 2.05) is 36.4 Å². The number of hydrogen-bond acceptors (Lipinski definition) is 3. The van der Waals surface area contributed by atoms with Gasteiger partial charge in [-0.2, -0.15) is 23.5 Å². The number of imidazole rings is 1. The summed E-state index contributed by atoms with van der Waals surface area (Å²) in [7, 11) is 0. The van der Waals surface area contributed by atoms with Gasteiger partial charge in [-0.05, 0) is 29.9 Å². The molecule has 2 rings (SSSR count). The fraction of sp³-hybridized carbons (Fsp3) is 0.550. The highest BCUT2D eigenvalue weighted by molar-refractivity contribution is 8.03. The zero-order valence-electron chi connectivity index (χ0n) is 15.1. The molecule has 1 unspecified atom stereocenters. The molecule has 0 saturated heterocycles. The van der Waals surface area contributed by atoms with Crippen LogP contribution in [-0.2, 0) is 12.3 Å². The van der Waals surface area contributed by atoms with Crippen LogP contribution in [0.1, 0.15) is 44.6 Å². The Morgan fingerprint density at radius 1 is 1.12 bits per heavy atom. The van der Waals surface area contributed by atoms with Crippen molar-refractivity contribution in [3.63, 3.8) is 0 Å². The first kappa shape index (κ1) is 20.7. The molecule has 1 aromatic heterocycles. The third kappa shape index (κ3) is 9.07. The van der Waals surface area contributed by atoms with Crippen molar-refractivity contribution in [1.29, 1.82) is 0 Å². The van der Waals surface area contributed by atoms with Gasteiger partial charge < -0.3 is 4.57 Å². The van der Waals surface area contributed by atoms with Crippen molar-refractivity contribution in [2.45, 2.75) is 56.6 Å². The molecule has 1 atom stereocenters. The third-order valence-electron chi connectivity index (χ3n) is 4.07. The first-order valence-electron chi connectivity index (χ1n) is 9.17. The molecule has 0 aliphatic rings. The lowest BCUT2D eigenvalue weighted by atomic mass is 10.2. The van der Waals surface area contributed by atoms with E-state index in [0.29, 0.717) is 5.25 Å². The molecule has 5 heteroatoms. The van der Waals surface area contributed by atoms with Gasteiger partial charge in [0.15, 0.2) is 0 Å². The molecule has 1 aromatic carbocycles. The summed E-state index contributed by atoms with van der Waals surface area (Å²) in [5.74, 6) is 3.52. The van der Waals surface area contributed by atoms with Gasteiger partial charge in [-0.15, -0.1) is 0 Å². The number of thioether (sulfide) groups is 2. The first-order chi connectivity index (χ1) is 12.3. The summed E-state index contributed by atoms with van der Waals surface area (Å²) in [4.78, 5) is 4.17. The van der Waals surface area contributed by atoms with E-state index in [9.17, 15) is 0 Å². The molecule has 138 valence electrons. The maximum absolute atomic E-state index is 5.98. The van der Waals surface area contributed by atoms with Gasteiger partial charge in [-0.3, -0.25) is 0 Å². The van der Waals surface area contributed by atoms with E-state index in [2.05, 4.69) is 46.6 Å². The van der Waals surface area contributed by atoms with Gasteiger partial charge in [0, 0.05) is 40.7 Å². The Hall–Kier alpha value is -0.580. The van der Waals surface area contributed by atoms with Gasteiger partial charge in [-0.25, -0.2) is 4.98 Å². The summed E-state index contributed by atoms with van der Waals surface area (Å²) >= 11 is 10.1. The normalized spacial score (nSPS) is 12.4. The zero-order chi connectivity index (χ0) is 17.7. The smallest absolute Gasteiger partial charge is 0.0946 e. The Balaban J connectivity index is 1.73. The molecular weight excluding hydrogens is 368 g/mol. The van der Waals surface area contributed by atoms with Crippen molar-refractivity contribution in [2.75, 3.05) is 11.5 Å². The summed E-state index contributed by atoms with van der Waals surface area (Å²) in [5, 5.41) is 1.41. The molecule has 0 bridgehead atoms. The Labute approximate surface area is 166 Å². The van der Waals surface area contributed by atoms with Crippen LogP contribution in [0, 0.1) is 0 Å². The summed E-state index contributed by atoms with van der Waals surface area (Å²) in [6.07, 6.45) is 12.7. The Kier molecular flexibility index (Phi) is 10.5. The zero-order valence-corrected chi connectivity index (χ0v) is 17.5. The van der Waals surface area contributed by atoms with Crippen molar-refractivity contribution in [3.05, 3.63) is 53.6 Å². The Morgan fingerprint density at radius 3 is 2.64 bits per heavy atom. The first-order valence-corrected chi connectivity index (χ1v) is 11.8. The molecule has 0 spiro atoms. The van der Waals surface area contributed by atoms with Crippen molar-refractivity contribution < 1.29 is 0 Å². The molecule has 0 fully saturated rings. The SMILES string of the molecule is CCCCCCCSCC(Cn1ccnc1)SCc1ccc(Cl)cc1. The number of rotatable bonds is 13. The number of aromatic nitrogens is 2. The topological polar surface area (TPSA) is 17.8 Å². The summed E-state index contributed by atoms with van der Waals surface area (Å²) in [6, 6.07) is 8.22. The van der Waals surface area contributed by atoms with Crippen LogP contribution < -0.4 is 0 Å². The molecule has 0 aliphatic carbocycles. The molecular formula is C20H29ClN2S2. The maximum atomic E-state index is 5.98. The van der Waals surface area contributed by atoms with Crippen molar-refractivity contribution in [2.24, 2.45) is 0 Å². The monoisotopic (exact) mass is 396 g/mol. The minimum Gasteiger partial charge on any atom is -0.336 e. The van der Waals surface area contributed by atoms with E-state index in [-0.39, 0.29) is 0 Å². The standard InChI is InChI=1S/C20H29ClN2S2/c1-2-3-4-5-6-13-24-16-20(14-23-12-11-22-17-23)25-15-18-7-9-19(21)10-8-18/h7-12,17,20H,2-6,13-16H2,1H3. The van der Waals surface area contributed by atoms with Gasteiger partial charge in [0.25, 0.3) is 0 Å². The van der Waals surface area contributed by atoms with Crippen LogP contribution in [0.5, 0.6) is 0 Å². The second kappa shape index (κ2) is 12.7. The van der Waals surface area contributed by atoms with Crippen LogP contribution in [0.15, 0.2) is 43.0 Å². The minimum atomic E-state index is 0.602. The maximum Gasteiger partial charge on any atom is 0.0946 e. The van der Waals surface area contributed by atoms with Crippen LogP contribution >= 0.6 is 35.1 Å². The van der Waals surface area contributed by atoms with Gasteiger partial charge >= 0.3 is 0 Å². The second-order valence-electron chi connectivity index (χ2n) is 6.31. The average molecular weight is 397 g/mol. The molecule has 0 aliphatic heterocycles. The number of hydrogen-bond donors (Lipinski definition) is 0. The lowest BCUT2D eigenvalue weighted by molar-refractivity contribution is 0.658. The summed E-state index contributed by atoms with van der Waals surface area (Å²) < 4.78 is 2.20. The molecule has 2 nitrogen and oxygen atoms in total. The van der Waals surface area contributed by atoms with E-state index in [1.165, 1.54) is 49.2 Å². The molecule has 1 heterocycles. The van der Waals surface area contributed by atoms with Crippen LogP contribution in [0.3, 0.4) is 0 Å². The molecule has 2 aromatic rings. The Morgan fingerprint density at radius 2 is 1.92 bits per heavy atom. The van der Waals surface area contributed by atoms with Crippen LogP contribution in [0.25, 0.3) is 0 Å². The fourth-order valence-corrected chi connectivity index (χ4v) is 5.24. The van der Waals surface area contributed by atoms with Gasteiger partial charge in [0.1, 0.15) is 0 Å². The van der Waals surface area contributed by atoms with Crippen molar-refractivity contribution >= 4 is 35.1 Å². The van der Waals surface area contributed by atoms with Crippen molar-refractivity contribution in [3.8, 4) is 0 Å². The quantitative estimate of drug-likeness (QED) is 0.358. The number of benzene rings is 1. The Bertz CT molecular complexity index is 558. The fourth-order valence-electron chi connectivity index (χ4n) is 2.60. The van der Waals surface area contributed by atoms with E-state index in [0.717, 1.165) is 17.3 Å². The highest BCUT2D eigenvalue weighted by atomic mass is 35.5. The van der Waals surface area contributed by atoms with Crippen LogP contribution in [0.2, 0.25) is 5.02 Å². The highest BCUT2D eigenvalue weighted by Gasteiger charge is 2.11. The van der Waals surface area contributed by atoms with Gasteiger partial charge in [0.2, 0.25) is 0 Å². The predicted octanol–water partition coefficient (Wildman–Crippen LogP) is 6.54. The number of unbranched alkanes of at least 4 members (excludes halogenated alkanes) is 4. The largest absolute Gasteiger partial charge is 0.336 e. The van der Waals surface area contributed by atoms with E-state index < -0.39 is 0 Å². The molecule has 0 radical (unpaired) electrons. The van der Waals surface area contributed by atoms with Crippen LogP contribution in [-0.4, -0.2) is 26.3 Å². The van der Waals surface area contributed by atoms with E-state index in [1.54, 1.807) is 0 Å². The second-order valence-corrected chi connectivity index (χ2v) is 9.18. The van der Waals surface area contributed by atoms with E-state index in [4.69, 9.17) is 11.6 Å². The van der Waals surface area contributed by atoms with Gasteiger partial charge in [-0.1, -0.05) is 56.3 Å². The van der Waals surface area contributed by atoms with Crippen LogP contribution in [0.4, 0.5) is 0 Å².